The summed E-state index contributed by atoms with van der Waals surface area (Å²) in [5.41, 5.74) is 2.18. The van der Waals surface area contributed by atoms with Crippen LogP contribution in [0.4, 0.5) is 5.69 Å². The van der Waals surface area contributed by atoms with E-state index >= 15 is 0 Å². The first kappa shape index (κ1) is 13.3. The number of carbonyl (C=O) groups excluding carboxylic acids is 1. The highest BCUT2D eigenvalue weighted by atomic mass is 16.1. The fraction of sp³-hybridized carbons (Fsp3) is 0.357. The predicted octanol–water partition coefficient (Wildman–Crippen LogP) is 2.29. The maximum atomic E-state index is 11.3. The molecule has 1 N–H and O–H groups in total. The molecule has 17 heavy (non-hydrogen) atoms. The molecule has 1 aromatic rings. The molecule has 1 aromatic carbocycles. The molecule has 3 heteroatoms. The second-order valence-electron chi connectivity index (χ2n) is 4.11. The first-order valence-electron chi connectivity index (χ1n) is 5.86. The number of hydrogen-bond donors (Lipinski definition) is 1. The first-order chi connectivity index (χ1) is 8.13. The van der Waals surface area contributed by atoms with Crippen molar-refractivity contribution in [2.24, 2.45) is 0 Å². The van der Waals surface area contributed by atoms with Gasteiger partial charge in [-0.2, -0.15) is 0 Å². The van der Waals surface area contributed by atoms with Gasteiger partial charge in [0.2, 0.25) is 5.91 Å². The Kier molecular flexibility index (Phi) is 5.27. The van der Waals surface area contributed by atoms with Crippen molar-refractivity contribution in [2.45, 2.75) is 13.3 Å². The van der Waals surface area contributed by atoms with Crippen molar-refractivity contribution in [1.29, 1.82) is 0 Å². The standard InChI is InChI=1S/C14H20N2O/c1-4-11-15-14(17)10-7-12-5-8-13(9-6-12)16(2)3/h5-10H,4,11H2,1-3H3,(H,15,17)/b10-7-. The Bertz CT molecular complexity index is 380. The fourth-order valence-corrected chi connectivity index (χ4v) is 1.36. The van der Waals surface area contributed by atoms with Gasteiger partial charge in [0.25, 0.3) is 0 Å². The summed E-state index contributed by atoms with van der Waals surface area (Å²) in [6, 6.07) is 8.06. The van der Waals surface area contributed by atoms with Crippen molar-refractivity contribution in [3.05, 3.63) is 35.9 Å². The van der Waals surface area contributed by atoms with Gasteiger partial charge in [-0.1, -0.05) is 19.1 Å². The molecule has 0 atom stereocenters. The Balaban J connectivity index is 2.56. The Morgan fingerprint density at radius 3 is 2.47 bits per heavy atom. The molecule has 0 spiro atoms. The van der Waals surface area contributed by atoms with Crippen LogP contribution in [0.5, 0.6) is 0 Å². The van der Waals surface area contributed by atoms with Crippen LogP contribution in [0, 0.1) is 0 Å². The Morgan fingerprint density at radius 1 is 1.29 bits per heavy atom. The maximum absolute atomic E-state index is 11.3. The third-order valence-electron chi connectivity index (χ3n) is 2.39. The lowest BCUT2D eigenvalue weighted by molar-refractivity contribution is -0.116. The van der Waals surface area contributed by atoms with E-state index in [4.69, 9.17) is 0 Å². The number of hydrogen-bond acceptors (Lipinski definition) is 2. The van der Waals surface area contributed by atoms with Gasteiger partial charge in [-0.05, 0) is 30.2 Å². The summed E-state index contributed by atoms with van der Waals surface area (Å²) >= 11 is 0. The summed E-state index contributed by atoms with van der Waals surface area (Å²) in [6.45, 7) is 2.76. The number of amides is 1. The van der Waals surface area contributed by atoms with E-state index in [9.17, 15) is 4.79 Å². The molecule has 0 aliphatic carbocycles. The Morgan fingerprint density at radius 2 is 1.94 bits per heavy atom. The SMILES string of the molecule is CCCNC(=O)/C=C\c1ccc(N(C)C)cc1. The first-order valence-corrected chi connectivity index (χ1v) is 5.86. The van der Waals surface area contributed by atoms with Crippen LogP contribution in [0.2, 0.25) is 0 Å². The Hall–Kier alpha value is -1.77. The topological polar surface area (TPSA) is 32.3 Å². The number of benzene rings is 1. The van der Waals surface area contributed by atoms with Gasteiger partial charge < -0.3 is 10.2 Å². The molecule has 0 radical (unpaired) electrons. The second-order valence-corrected chi connectivity index (χ2v) is 4.11. The zero-order valence-electron chi connectivity index (χ0n) is 10.7. The van der Waals surface area contributed by atoms with Gasteiger partial charge in [-0.25, -0.2) is 0 Å². The molecule has 0 saturated heterocycles. The van der Waals surface area contributed by atoms with E-state index in [0.29, 0.717) is 0 Å². The predicted molar refractivity (Wildman–Crippen MR) is 73.1 cm³/mol. The minimum atomic E-state index is -0.0384. The highest BCUT2D eigenvalue weighted by molar-refractivity contribution is 5.91. The highest BCUT2D eigenvalue weighted by Gasteiger charge is 1.95. The molecule has 0 aromatic heterocycles. The van der Waals surface area contributed by atoms with Gasteiger partial charge in [0.05, 0.1) is 0 Å². The van der Waals surface area contributed by atoms with E-state index in [-0.39, 0.29) is 5.91 Å². The van der Waals surface area contributed by atoms with E-state index in [1.54, 1.807) is 6.08 Å². The molecule has 0 aliphatic heterocycles. The summed E-state index contributed by atoms with van der Waals surface area (Å²) in [5, 5.41) is 2.80. The summed E-state index contributed by atoms with van der Waals surface area (Å²) in [5.74, 6) is -0.0384. The monoisotopic (exact) mass is 232 g/mol. The van der Waals surface area contributed by atoms with Crippen molar-refractivity contribution >= 4 is 17.7 Å². The zero-order valence-corrected chi connectivity index (χ0v) is 10.7. The Labute approximate surface area is 103 Å². The maximum Gasteiger partial charge on any atom is 0.243 e. The molecule has 3 nitrogen and oxygen atoms in total. The number of anilines is 1. The lowest BCUT2D eigenvalue weighted by atomic mass is 10.2. The van der Waals surface area contributed by atoms with E-state index in [0.717, 1.165) is 24.2 Å². The lowest BCUT2D eigenvalue weighted by Crippen LogP contribution is -2.21. The molecule has 92 valence electrons. The molecule has 0 heterocycles. The summed E-state index contributed by atoms with van der Waals surface area (Å²) in [6.07, 6.45) is 4.35. The molecule has 1 rings (SSSR count). The molecule has 0 saturated carbocycles. The van der Waals surface area contributed by atoms with Gasteiger partial charge in [0.1, 0.15) is 0 Å². The summed E-state index contributed by atoms with van der Waals surface area (Å²) in [4.78, 5) is 13.4. The smallest absolute Gasteiger partial charge is 0.243 e. The van der Waals surface area contributed by atoms with Gasteiger partial charge in [0, 0.05) is 32.4 Å². The van der Waals surface area contributed by atoms with E-state index in [1.165, 1.54) is 0 Å². The molecule has 0 aliphatic rings. The molecule has 1 amide bonds. The average Bonchev–Trinajstić information content (AvgIpc) is 2.34. The highest BCUT2D eigenvalue weighted by Crippen LogP contribution is 2.12. The van der Waals surface area contributed by atoms with E-state index < -0.39 is 0 Å². The normalized spacial score (nSPS) is 10.5. The second kappa shape index (κ2) is 6.74. The lowest BCUT2D eigenvalue weighted by Gasteiger charge is -2.11. The van der Waals surface area contributed by atoms with Crippen molar-refractivity contribution in [3.63, 3.8) is 0 Å². The van der Waals surface area contributed by atoms with Crippen LogP contribution >= 0.6 is 0 Å². The molecule has 0 fully saturated rings. The van der Waals surface area contributed by atoms with E-state index in [2.05, 4.69) is 5.32 Å². The van der Waals surface area contributed by atoms with Crippen LogP contribution in [0.3, 0.4) is 0 Å². The number of nitrogens with one attached hydrogen (secondary N) is 1. The summed E-state index contributed by atoms with van der Waals surface area (Å²) in [7, 11) is 4.01. The van der Waals surface area contributed by atoms with Gasteiger partial charge >= 0.3 is 0 Å². The third-order valence-corrected chi connectivity index (χ3v) is 2.39. The van der Waals surface area contributed by atoms with Crippen molar-refractivity contribution < 1.29 is 4.79 Å². The van der Waals surface area contributed by atoms with Crippen LogP contribution in [0.25, 0.3) is 6.08 Å². The van der Waals surface area contributed by atoms with Crippen molar-refractivity contribution in [3.8, 4) is 0 Å². The van der Waals surface area contributed by atoms with Crippen LogP contribution in [0.1, 0.15) is 18.9 Å². The van der Waals surface area contributed by atoms with Crippen molar-refractivity contribution in [1.82, 2.24) is 5.32 Å². The third kappa shape index (κ3) is 4.72. The summed E-state index contributed by atoms with van der Waals surface area (Å²) < 4.78 is 0. The minimum absolute atomic E-state index is 0.0384. The molecular weight excluding hydrogens is 212 g/mol. The van der Waals surface area contributed by atoms with Gasteiger partial charge in [-0.3, -0.25) is 4.79 Å². The van der Waals surface area contributed by atoms with E-state index in [1.807, 2.05) is 56.3 Å². The van der Waals surface area contributed by atoms with Crippen LogP contribution in [-0.2, 0) is 4.79 Å². The molecule has 0 unspecified atom stereocenters. The number of nitrogens with zero attached hydrogens (tertiary/aromatic N) is 1. The molecular formula is C14H20N2O. The minimum Gasteiger partial charge on any atom is -0.378 e. The zero-order chi connectivity index (χ0) is 12.7. The van der Waals surface area contributed by atoms with Crippen molar-refractivity contribution in [2.75, 3.05) is 25.5 Å². The number of carbonyl (C=O) groups is 1. The fourth-order valence-electron chi connectivity index (χ4n) is 1.36. The van der Waals surface area contributed by atoms with Crippen LogP contribution in [0.15, 0.2) is 30.3 Å². The van der Waals surface area contributed by atoms with Crippen LogP contribution in [-0.4, -0.2) is 26.5 Å². The van der Waals surface area contributed by atoms with Gasteiger partial charge in [0.15, 0.2) is 0 Å². The molecule has 0 bridgehead atoms. The van der Waals surface area contributed by atoms with Gasteiger partial charge in [-0.15, -0.1) is 0 Å². The number of rotatable bonds is 5. The van der Waals surface area contributed by atoms with Crippen LogP contribution < -0.4 is 10.2 Å². The quantitative estimate of drug-likeness (QED) is 0.790. The largest absolute Gasteiger partial charge is 0.378 e. The average molecular weight is 232 g/mol.